The first kappa shape index (κ1) is 20.1. The Morgan fingerprint density at radius 3 is 2.47 bits per heavy atom. The number of hydrogen-bond donors (Lipinski definition) is 1. The Morgan fingerprint density at radius 1 is 1.17 bits per heavy atom. The van der Waals surface area contributed by atoms with E-state index < -0.39 is 23.5 Å². The lowest BCUT2D eigenvalue weighted by atomic mass is 9.95. The van der Waals surface area contributed by atoms with Crippen LogP contribution >= 0.6 is 0 Å². The van der Waals surface area contributed by atoms with Gasteiger partial charge in [0.2, 0.25) is 0 Å². The van der Waals surface area contributed by atoms with E-state index in [1.54, 1.807) is 24.3 Å². The van der Waals surface area contributed by atoms with Crippen LogP contribution in [0.25, 0.3) is 5.76 Å². The van der Waals surface area contributed by atoms with E-state index in [0.717, 1.165) is 12.8 Å². The predicted molar refractivity (Wildman–Crippen MR) is 107 cm³/mol. The molecule has 30 heavy (non-hydrogen) atoms. The van der Waals surface area contributed by atoms with Crippen LogP contribution in [0.3, 0.4) is 0 Å². The van der Waals surface area contributed by atoms with E-state index in [0.29, 0.717) is 23.5 Å². The molecule has 2 saturated heterocycles. The molecule has 0 spiro atoms. The molecular weight excluding hydrogens is 389 g/mol. The number of methoxy groups -OCH3 is 1. The minimum absolute atomic E-state index is 0.0187. The molecule has 2 aliphatic heterocycles. The van der Waals surface area contributed by atoms with Crippen molar-refractivity contribution >= 4 is 17.4 Å². The van der Waals surface area contributed by atoms with E-state index in [1.807, 2.05) is 0 Å². The van der Waals surface area contributed by atoms with Crippen molar-refractivity contribution in [1.29, 1.82) is 0 Å². The number of nitrogens with zero attached hydrogens (tertiary/aromatic N) is 1. The first-order chi connectivity index (χ1) is 14.5. The quantitative estimate of drug-likeness (QED) is 0.463. The highest BCUT2D eigenvalue weighted by Crippen LogP contribution is 2.40. The van der Waals surface area contributed by atoms with Crippen molar-refractivity contribution < 1.29 is 28.6 Å². The van der Waals surface area contributed by atoms with Gasteiger partial charge in [0.25, 0.3) is 11.7 Å². The Balaban J connectivity index is 1.80. The largest absolute Gasteiger partial charge is 0.507 e. The number of rotatable bonds is 5. The van der Waals surface area contributed by atoms with Gasteiger partial charge in [-0.1, -0.05) is 12.1 Å². The van der Waals surface area contributed by atoms with Crippen molar-refractivity contribution in [2.24, 2.45) is 0 Å². The molecule has 1 amide bonds. The van der Waals surface area contributed by atoms with Gasteiger partial charge in [-0.25, -0.2) is 4.39 Å². The van der Waals surface area contributed by atoms with Crippen molar-refractivity contribution in [2.75, 3.05) is 20.3 Å². The average molecular weight is 411 g/mol. The number of halogens is 1. The molecule has 2 aromatic carbocycles. The molecule has 7 heteroatoms. The maximum atomic E-state index is 13.5. The van der Waals surface area contributed by atoms with Gasteiger partial charge in [-0.05, 0) is 54.8 Å². The predicted octanol–water partition coefficient (Wildman–Crippen LogP) is 3.44. The van der Waals surface area contributed by atoms with Gasteiger partial charge < -0.3 is 19.5 Å². The molecule has 2 fully saturated rings. The minimum Gasteiger partial charge on any atom is -0.507 e. The number of likely N-dealkylation sites (tertiary alicyclic amines) is 1. The monoisotopic (exact) mass is 411 g/mol. The van der Waals surface area contributed by atoms with Gasteiger partial charge in [0.1, 0.15) is 17.3 Å². The van der Waals surface area contributed by atoms with Crippen LogP contribution in [0.2, 0.25) is 0 Å². The smallest absolute Gasteiger partial charge is 0.295 e. The molecule has 6 nitrogen and oxygen atoms in total. The van der Waals surface area contributed by atoms with Gasteiger partial charge in [-0.3, -0.25) is 9.59 Å². The summed E-state index contributed by atoms with van der Waals surface area (Å²) in [5.74, 6) is -1.57. The number of carbonyl (C=O) groups is 2. The zero-order chi connectivity index (χ0) is 21.3. The van der Waals surface area contributed by atoms with Crippen LogP contribution in [0.1, 0.15) is 30.0 Å². The highest BCUT2D eigenvalue weighted by atomic mass is 19.1. The second-order valence-corrected chi connectivity index (χ2v) is 7.37. The molecule has 0 aliphatic carbocycles. The lowest BCUT2D eigenvalue weighted by Crippen LogP contribution is -2.36. The van der Waals surface area contributed by atoms with Crippen LogP contribution in [-0.2, 0) is 14.3 Å². The third kappa shape index (κ3) is 3.68. The second-order valence-electron chi connectivity index (χ2n) is 7.37. The molecule has 2 aliphatic rings. The van der Waals surface area contributed by atoms with E-state index in [1.165, 1.54) is 36.3 Å². The SMILES string of the molecule is COc1ccc(/C(O)=C2\C(=O)C(=O)N(C[C@H]3CCCO3)[C@H]2c2ccc(F)cc2)cc1. The van der Waals surface area contributed by atoms with Gasteiger partial charge in [0, 0.05) is 18.7 Å². The molecule has 2 atom stereocenters. The molecule has 0 aromatic heterocycles. The molecular formula is C23H22FNO5. The van der Waals surface area contributed by atoms with Crippen LogP contribution in [0, 0.1) is 5.82 Å². The third-order valence-corrected chi connectivity index (χ3v) is 5.51. The summed E-state index contributed by atoms with van der Waals surface area (Å²) in [6, 6.07) is 11.3. The van der Waals surface area contributed by atoms with Crippen LogP contribution in [0.15, 0.2) is 54.1 Å². The molecule has 2 aromatic rings. The van der Waals surface area contributed by atoms with E-state index in [-0.39, 0.29) is 24.0 Å². The summed E-state index contributed by atoms with van der Waals surface area (Å²) < 4.78 is 24.3. The molecule has 0 unspecified atom stereocenters. The van der Waals surface area contributed by atoms with Crippen molar-refractivity contribution in [2.45, 2.75) is 25.0 Å². The summed E-state index contributed by atoms with van der Waals surface area (Å²) in [4.78, 5) is 27.2. The molecule has 4 rings (SSSR count). The number of Topliss-reactive ketones (excluding diaryl/α,β-unsaturated/α-hetero) is 1. The number of hydrogen-bond acceptors (Lipinski definition) is 5. The lowest BCUT2D eigenvalue weighted by Gasteiger charge is -2.27. The summed E-state index contributed by atoms with van der Waals surface area (Å²) >= 11 is 0. The number of ether oxygens (including phenoxy) is 2. The Labute approximate surface area is 173 Å². The van der Waals surface area contributed by atoms with E-state index >= 15 is 0 Å². The molecule has 1 N–H and O–H groups in total. The van der Waals surface area contributed by atoms with Gasteiger partial charge in [0.15, 0.2) is 0 Å². The maximum Gasteiger partial charge on any atom is 0.295 e. The summed E-state index contributed by atoms with van der Waals surface area (Å²) in [5.41, 5.74) is 0.913. The molecule has 0 saturated carbocycles. The van der Waals surface area contributed by atoms with Crippen LogP contribution in [0.4, 0.5) is 4.39 Å². The van der Waals surface area contributed by atoms with Crippen molar-refractivity contribution in [3.8, 4) is 5.75 Å². The first-order valence-corrected chi connectivity index (χ1v) is 9.79. The molecule has 2 heterocycles. The summed E-state index contributed by atoms with van der Waals surface area (Å²) in [6.45, 7) is 0.841. The van der Waals surface area contributed by atoms with Crippen LogP contribution < -0.4 is 4.74 Å². The second kappa shape index (κ2) is 8.28. The third-order valence-electron chi connectivity index (χ3n) is 5.51. The number of carbonyl (C=O) groups excluding carboxylic acids is 2. The Kier molecular flexibility index (Phi) is 5.55. The highest BCUT2D eigenvalue weighted by molar-refractivity contribution is 6.46. The summed E-state index contributed by atoms with van der Waals surface area (Å²) in [5, 5.41) is 11.0. The van der Waals surface area contributed by atoms with Gasteiger partial charge in [-0.2, -0.15) is 0 Å². The van der Waals surface area contributed by atoms with Crippen LogP contribution in [0.5, 0.6) is 5.75 Å². The Hall–Kier alpha value is -3.19. The average Bonchev–Trinajstić information content (AvgIpc) is 3.36. The number of aliphatic hydroxyl groups excluding tert-OH is 1. The Morgan fingerprint density at radius 2 is 1.87 bits per heavy atom. The summed E-state index contributed by atoms with van der Waals surface area (Å²) in [7, 11) is 1.53. The summed E-state index contributed by atoms with van der Waals surface area (Å²) in [6.07, 6.45) is 1.51. The van der Waals surface area contributed by atoms with Gasteiger partial charge in [0.05, 0.1) is 24.8 Å². The van der Waals surface area contributed by atoms with E-state index in [9.17, 15) is 19.1 Å². The van der Waals surface area contributed by atoms with Crippen molar-refractivity contribution in [3.05, 3.63) is 71.0 Å². The number of benzene rings is 2. The maximum absolute atomic E-state index is 13.5. The molecule has 0 radical (unpaired) electrons. The van der Waals surface area contributed by atoms with Gasteiger partial charge >= 0.3 is 0 Å². The normalized spacial score (nSPS) is 23.2. The molecule has 0 bridgehead atoms. The van der Waals surface area contributed by atoms with Gasteiger partial charge in [-0.15, -0.1) is 0 Å². The minimum atomic E-state index is -0.822. The van der Waals surface area contributed by atoms with E-state index in [2.05, 4.69) is 0 Å². The topological polar surface area (TPSA) is 76.1 Å². The standard InChI is InChI=1S/C23H22FNO5/c1-29-17-10-6-15(7-11-17)21(26)19-20(14-4-8-16(24)9-5-14)25(23(28)22(19)27)13-18-3-2-12-30-18/h4-11,18,20,26H,2-3,12-13H2,1H3/b21-19+/t18-,20+/m1/s1. The fourth-order valence-corrected chi connectivity index (χ4v) is 3.97. The Bertz CT molecular complexity index is 978. The fraction of sp³-hybridized carbons (Fsp3) is 0.304. The number of ketones is 1. The fourth-order valence-electron chi connectivity index (χ4n) is 3.97. The lowest BCUT2D eigenvalue weighted by molar-refractivity contribution is -0.140. The zero-order valence-corrected chi connectivity index (χ0v) is 16.5. The van der Waals surface area contributed by atoms with Crippen molar-refractivity contribution in [3.63, 3.8) is 0 Å². The van der Waals surface area contributed by atoms with Crippen molar-refractivity contribution in [1.82, 2.24) is 4.90 Å². The number of aliphatic hydroxyl groups is 1. The zero-order valence-electron chi connectivity index (χ0n) is 16.5. The van der Waals surface area contributed by atoms with Crippen LogP contribution in [-0.4, -0.2) is 48.1 Å². The first-order valence-electron chi connectivity index (χ1n) is 9.79. The number of amides is 1. The highest BCUT2D eigenvalue weighted by Gasteiger charge is 2.47. The van der Waals surface area contributed by atoms with E-state index in [4.69, 9.17) is 9.47 Å². The molecule has 156 valence electrons.